The van der Waals surface area contributed by atoms with Crippen LogP contribution < -0.4 is 29.7 Å². The van der Waals surface area contributed by atoms with Crippen molar-refractivity contribution in [3.05, 3.63) is 137 Å². The standard InChI is InChI=1S/C35H31BrN4O4S/c1-20-17-23(22(3)39(20)26-13-11-24(36)12-14-26)18-30-34(42)40-32(28-16-15-27(43-4)19-29(28)44-5)31(21(2)37-35(40)45-30)33(41)38-25-9-7-6-8-10-25/h6-19,32H,1-5H3,(H,38,41)/b30-18-/t32-/m0/s1. The maximum absolute atomic E-state index is 14.3. The number of hydrogen-bond donors (Lipinski definition) is 1. The summed E-state index contributed by atoms with van der Waals surface area (Å²) in [6.07, 6.45) is 1.91. The molecule has 1 aliphatic rings. The summed E-state index contributed by atoms with van der Waals surface area (Å²) in [5, 5.41) is 2.99. The van der Waals surface area contributed by atoms with Crippen LogP contribution in [0, 0.1) is 13.8 Å². The molecule has 1 atom stereocenters. The number of carbonyl (C=O) groups excluding carboxylic acids is 1. The van der Waals surface area contributed by atoms with Gasteiger partial charge in [0.25, 0.3) is 11.5 Å². The first-order valence-electron chi connectivity index (χ1n) is 14.3. The first-order valence-corrected chi connectivity index (χ1v) is 15.9. The topological polar surface area (TPSA) is 86.9 Å². The van der Waals surface area contributed by atoms with Crippen LogP contribution in [0.5, 0.6) is 11.5 Å². The summed E-state index contributed by atoms with van der Waals surface area (Å²) in [6, 6.07) is 24.0. The average Bonchev–Trinajstić information content (AvgIpc) is 3.50. The first-order chi connectivity index (χ1) is 21.7. The van der Waals surface area contributed by atoms with E-state index in [0.717, 1.165) is 27.1 Å². The molecule has 3 heterocycles. The van der Waals surface area contributed by atoms with Gasteiger partial charge in [0.05, 0.1) is 30.0 Å². The van der Waals surface area contributed by atoms with Crippen molar-refractivity contribution in [1.29, 1.82) is 0 Å². The summed E-state index contributed by atoms with van der Waals surface area (Å²) < 4.78 is 16.5. The molecule has 45 heavy (non-hydrogen) atoms. The largest absolute Gasteiger partial charge is 0.497 e. The highest BCUT2D eigenvalue weighted by Crippen LogP contribution is 2.37. The average molecular weight is 684 g/mol. The number of thiazole rings is 1. The number of halogens is 1. The number of rotatable bonds is 7. The van der Waals surface area contributed by atoms with Crippen LogP contribution in [0.2, 0.25) is 0 Å². The number of aromatic nitrogens is 2. The number of aryl methyl sites for hydroxylation is 1. The third-order valence-electron chi connectivity index (χ3n) is 7.87. The van der Waals surface area contributed by atoms with E-state index in [1.165, 1.54) is 11.3 Å². The second-order valence-electron chi connectivity index (χ2n) is 10.6. The number of carbonyl (C=O) groups is 1. The molecule has 0 bridgehead atoms. The summed E-state index contributed by atoms with van der Waals surface area (Å²) in [6.45, 7) is 5.88. The van der Waals surface area contributed by atoms with Gasteiger partial charge in [0, 0.05) is 38.9 Å². The number of nitrogens with zero attached hydrogens (tertiary/aromatic N) is 3. The minimum atomic E-state index is -0.789. The maximum atomic E-state index is 14.3. The number of benzene rings is 3. The van der Waals surface area contributed by atoms with Gasteiger partial charge in [-0.15, -0.1) is 0 Å². The van der Waals surface area contributed by atoms with Gasteiger partial charge in [-0.1, -0.05) is 45.5 Å². The minimum Gasteiger partial charge on any atom is -0.497 e. The molecule has 228 valence electrons. The number of allylic oxidation sites excluding steroid dienone is 1. The molecule has 0 saturated heterocycles. The summed E-state index contributed by atoms with van der Waals surface area (Å²) in [4.78, 5) is 33.5. The van der Waals surface area contributed by atoms with Gasteiger partial charge in [-0.3, -0.25) is 14.2 Å². The Hall–Kier alpha value is -4.67. The van der Waals surface area contributed by atoms with Gasteiger partial charge in [0.2, 0.25) is 0 Å². The highest BCUT2D eigenvalue weighted by Gasteiger charge is 2.34. The van der Waals surface area contributed by atoms with E-state index in [-0.39, 0.29) is 11.5 Å². The Morgan fingerprint density at radius 2 is 1.71 bits per heavy atom. The van der Waals surface area contributed by atoms with E-state index in [1.807, 2.05) is 68.5 Å². The van der Waals surface area contributed by atoms with Crippen LogP contribution in [0.3, 0.4) is 0 Å². The lowest BCUT2D eigenvalue weighted by molar-refractivity contribution is -0.113. The van der Waals surface area contributed by atoms with Crippen molar-refractivity contribution < 1.29 is 14.3 Å². The van der Waals surface area contributed by atoms with Crippen LogP contribution in [0.15, 0.2) is 104 Å². The minimum absolute atomic E-state index is 0.243. The molecule has 0 radical (unpaired) electrons. The van der Waals surface area contributed by atoms with E-state index >= 15 is 0 Å². The van der Waals surface area contributed by atoms with Crippen LogP contribution in [0.25, 0.3) is 11.8 Å². The Labute approximate surface area is 272 Å². The monoisotopic (exact) mass is 682 g/mol. The smallest absolute Gasteiger partial charge is 0.271 e. The van der Waals surface area contributed by atoms with Crippen LogP contribution in [-0.4, -0.2) is 29.3 Å². The van der Waals surface area contributed by atoms with E-state index < -0.39 is 6.04 Å². The molecule has 0 spiro atoms. The summed E-state index contributed by atoms with van der Waals surface area (Å²) in [5.41, 5.74) is 5.93. The molecule has 0 unspecified atom stereocenters. The Morgan fingerprint density at radius 3 is 2.40 bits per heavy atom. The molecule has 6 rings (SSSR count). The Bertz CT molecular complexity index is 2140. The fourth-order valence-corrected chi connectivity index (χ4v) is 7.03. The Morgan fingerprint density at radius 1 is 0.978 bits per heavy atom. The number of methoxy groups -OCH3 is 2. The third kappa shape index (κ3) is 5.67. The number of hydrogen-bond acceptors (Lipinski definition) is 6. The molecule has 1 N–H and O–H groups in total. The molecule has 2 aromatic heterocycles. The summed E-state index contributed by atoms with van der Waals surface area (Å²) in [5.74, 6) is 0.740. The molecule has 1 amide bonds. The first kappa shape index (κ1) is 30.4. The van der Waals surface area contributed by atoms with Crippen molar-refractivity contribution in [2.45, 2.75) is 26.8 Å². The van der Waals surface area contributed by atoms with E-state index in [0.29, 0.717) is 43.4 Å². The number of fused-ring (bicyclic) bond motifs is 1. The van der Waals surface area contributed by atoms with Crippen LogP contribution in [-0.2, 0) is 4.79 Å². The molecule has 0 fully saturated rings. The van der Waals surface area contributed by atoms with E-state index in [9.17, 15) is 9.59 Å². The zero-order valence-electron chi connectivity index (χ0n) is 25.4. The molecular weight excluding hydrogens is 652 g/mol. The molecule has 0 saturated carbocycles. The second-order valence-corrected chi connectivity index (χ2v) is 12.6. The Balaban J connectivity index is 1.52. The predicted octanol–water partition coefficient (Wildman–Crippen LogP) is 6.06. The van der Waals surface area contributed by atoms with Crippen molar-refractivity contribution in [1.82, 2.24) is 9.13 Å². The number of amides is 1. The molecular formula is C35H31BrN4O4S. The molecule has 3 aromatic carbocycles. The van der Waals surface area contributed by atoms with Gasteiger partial charge in [-0.25, -0.2) is 4.99 Å². The quantitative estimate of drug-likeness (QED) is 0.226. The summed E-state index contributed by atoms with van der Waals surface area (Å²) in [7, 11) is 3.14. The third-order valence-corrected chi connectivity index (χ3v) is 9.39. The van der Waals surface area contributed by atoms with Gasteiger partial charge >= 0.3 is 0 Å². The highest BCUT2D eigenvalue weighted by atomic mass is 79.9. The van der Waals surface area contributed by atoms with Crippen molar-refractivity contribution in [3.8, 4) is 17.2 Å². The van der Waals surface area contributed by atoms with Gasteiger partial charge in [0.1, 0.15) is 17.5 Å². The normalized spacial score (nSPS) is 14.6. The zero-order valence-corrected chi connectivity index (χ0v) is 27.8. The molecule has 1 aliphatic heterocycles. The highest BCUT2D eigenvalue weighted by molar-refractivity contribution is 9.10. The fourth-order valence-electron chi connectivity index (χ4n) is 5.73. The van der Waals surface area contributed by atoms with Gasteiger partial charge < -0.3 is 19.4 Å². The molecule has 10 heteroatoms. The lowest BCUT2D eigenvalue weighted by Crippen LogP contribution is -2.40. The van der Waals surface area contributed by atoms with E-state index in [4.69, 9.17) is 14.5 Å². The SMILES string of the molecule is COc1ccc([C@H]2C(C(=O)Nc3ccccc3)=C(C)N=c3s/c(=C\c4cc(C)n(-c5ccc(Br)cc5)c4C)c(=O)n32)c(OC)c1. The summed E-state index contributed by atoms with van der Waals surface area (Å²) >= 11 is 4.81. The van der Waals surface area contributed by atoms with Crippen molar-refractivity contribution in [2.24, 2.45) is 4.99 Å². The van der Waals surface area contributed by atoms with Crippen LogP contribution in [0.4, 0.5) is 5.69 Å². The predicted molar refractivity (Wildman–Crippen MR) is 181 cm³/mol. The van der Waals surface area contributed by atoms with Gasteiger partial charge in [-0.2, -0.15) is 0 Å². The van der Waals surface area contributed by atoms with Crippen LogP contribution >= 0.6 is 27.3 Å². The fraction of sp³-hybridized carbons (Fsp3) is 0.171. The zero-order chi connectivity index (χ0) is 31.8. The Kier molecular flexibility index (Phi) is 8.35. The molecule has 0 aliphatic carbocycles. The van der Waals surface area contributed by atoms with Crippen molar-refractivity contribution in [2.75, 3.05) is 19.5 Å². The second kappa shape index (κ2) is 12.4. The van der Waals surface area contributed by atoms with Crippen molar-refractivity contribution >= 4 is 44.9 Å². The number of ether oxygens (including phenoxy) is 2. The van der Waals surface area contributed by atoms with Crippen molar-refractivity contribution in [3.63, 3.8) is 0 Å². The van der Waals surface area contributed by atoms with Gasteiger partial charge in [-0.05, 0) is 87.0 Å². The molecule has 5 aromatic rings. The van der Waals surface area contributed by atoms with Gasteiger partial charge in [0.15, 0.2) is 4.80 Å². The van der Waals surface area contributed by atoms with E-state index in [1.54, 1.807) is 37.8 Å². The number of anilines is 1. The number of nitrogens with one attached hydrogen (secondary N) is 1. The maximum Gasteiger partial charge on any atom is 0.271 e. The van der Waals surface area contributed by atoms with Crippen LogP contribution in [0.1, 0.15) is 35.5 Å². The van der Waals surface area contributed by atoms with E-state index in [2.05, 4.69) is 44.0 Å². The lowest BCUT2D eigenvalue weighted by atomic mass is 9.94. The molecule has 8 nitrogen and oxygen atoms in total. The number of para-hydroxylation sites is 1. The lowest BCUT2D eigenvalue weighted by Gasteiger charge is -2.26.